The van der Waals surface area contributed by atoms with Crippen molar-refractivity contribution in [2.75, 3.05) is 0 Å². The quantitative estimate of drug-likeness (QED) is 0.853. The largest absolute Gasteiger partial charge is 0.478 e. The molecule has 0 atom stereocenters. The van der Waals surface area contributed by atoms with Gasteiger partial charge in [0.15, 0.2) is 0 Å². The minimum absolute atomic E-state index is 0.353. The predicted octanol–water partition coefficient (Wildman–Crippen LogP) is 3.41. The molecule has 1 N–H and O–H groups in total. The fourth-order valence-corrected chi connectivity index (χ4v) is 2.24. The number of alkyl halides is 3. The van der Waals surface area contributed by atoms with E-state index in [1.807, 2.05) is 0 Å². The van der Waals surface area contributed by atoms with E-state index in [9.17, 15) is 18.0 Å². The zero-order valence-electron chi connectivity index (χ0n) is 8.73. The van der Waals surface area contributed by atoms with Crippen molar-refractivity contribution < 1.29 is 23.1 Å². The molecule has 7 heteroatoms. The lowest BCUT2D eigenvalue weighted by Crippen LogP contribution is -2.03. The maximum absolute atomic E-state index is 12.5. The summed E-state index contributed by atoms with van der Waals surface area (Å²) in [7, 11) is 0. The number of thiazole rings is 1. The van der Waals surface area contributed by atoms with Crippen LogP contribution < -0.4 is 0 Å². The molecule has 0 saturated heterocycles. The molecule has 1 aromatic carbocycles. The van der Waals surface area contributed by atoms with Gasteiger partial charge in [-0.05, 0) is 24.3 Å². The first-order valence-corrected chi connectivity index (χ1v) is 5.57. The van der Waals surface area contributed by atoms with Gasteiger partial charge < -0.3 is 5.11 Å². The highest BCUT2D eigenvalue weighted by Crippen LogP contribution is 2.33. The number of hydrogen-bond donors (Lipinski definition) is 1. The number of rotatable bonds is 2. The van der Waals surface area contributed by atoms with Gasteiger partial charge in [0.05, 0.1) is 15.8 Å². The number of fused-ring (bicyclic) bond motifs is 1. The lowest BCUT2D eigenvalue weighted by atomic mass is 10.2. The van der Waals surface area contributed by atoms with Gasteiger partial charge in [-0.2, -0.15) is 13.2 Å². The van der Waals surface area contributed by atoms with Crippen LogP contribution >= 0.6 is 11.3 Å². The van der Waals surface area contributed by atoms with Crippen LogP contribution in [0.4, 0.5) is 13.2 Å². The minimum Gasteiger partial charge on any atom is -0.478 e. The van der Waals surface area contributed by atoms with E-state index in [0.29, 0.717) is 15.2 Å². The molecule has 0 aliphatic rings. The maximum Gasteiger partial charge on any atom is 0.416 e. The van der Waals surface area contributed by atoms with Gasteiger partial charge in [-0.15, -0.1) is 11.3 Å². The molecule has 3 nitrogen and oxygen atoms in total. The van der Waals surface area contributed by atoms with Crippen LogP contribution in [0.1, 0.15) is 10.6 Å². The van der Waals surface area contributed by atoms with Gasteiger partial charge in [0, 0.05) is 6.08 Å². The lowest BCUT2D eigenvalue weighted by molar-refractivity contribution is -0.137. The van der Waals surface area contributed by atoms with E-state index in [2.05, 4.69) is 4.98 Å². The van der Waals surface area contributed by atoms with Crippen LogP contribution in [0.3, 0.4) is 0 Å². The first kappa shape index (κ1) is 12.6. The first-order chi connectivity index (χ1) is 8.36. The van der Waals surface area contributed by atoms with Gasteiger partial charge in [-0.3, -0.25) is 0 Å². The SMILES string of the molecule is O=C(O)/C=C/c1nc2ccc(C(F)(F)F)cc2s1. The number of carboxylic acids is 1. The van der Waals surface area contributed by atoms with Gasteiger partial charge in [-0.1, -0.05) is 0 Å². The summed E-state index contributed by atoms with van der Waals surface area (Å²) in [6, 6.07) is 3.23. The second-order valence-corrected chi connectivity index (χ2v) is 4.47. The van der Waals surface area contributed by atoms with Crippen molar-refractivity contribution in [2.24, 2.45) is 0 Å². The average Bonchev–Trinajstić information content (AvgIpc) is 2.66. The monoisotopic (exact) mass is 273 g/mol. The van der Waals surface area contributed by atoms with Crippen molar-refractivity contribution in [3.63, 3.8) is 0 Å². The van der Waals surface area contributed by atoms with E-state index in [0.717, 1.165) is 29.5 Å². The van der Waals surface area contributed by atoms with Gasteiger partial charge in [0.2, 0.25) is 0 Å². The van der Waals surface area contributed by atoms with E-state index in [1.165, 1.54) is 12.1 Å². The van der Waals surface area contributed by atoms with Crippen molar-refractivity contribution in [3.05, 3.63) is 34.8 Å². The fraction of sp³-hybridized carbons (Fsp3) is 0.0909. The molecule has 0 radical (unpaired) electrons. The zero-order valence-corrected chi connectivity index (χ0v) is 9.55. The van der Waals surface area contributed by atoms with Gasteiger partial charge in [0.25, 0.3) is 0 Å². The van der Waals surface area contributed by atoms with Crippen LogP contribution in [-0.4, -0.2) is 16.1 Å². The third kappa shape index (κ3) is 2.67. The summed E-state index contributed by atoms with van der Waals surface area (Å²) < 4.78 is 37.8. The highest BCUT2D eigenvalue weighted by molar-refractivity contribution is 7.19. The molecular weight excluding hydrogens is 267 g/mol. The molecule has 0 bridgehead atoms. The first-order valence-electron chi connectivity index (χ1n) is 4.75. The summed E-state index contributed by atoms with van der Waals surface area (Å²) in [4.78, 5) is 14.3. The molecule has 0 amide bonds. The Hall–Kier alpha value is -1.89. The smallest absolute Gasteiger partial charge is 0.416 e. The molecule has 1 aromatic heterocycles. The standard InChI is InChI=1S/C11H6F3NO2S/c12-11(13,14)6-1-2-7-8(5-6)18-9(15-7)3-4-10(16)17/h1-5H,(H,16,17)/b4-3+. The van der Waals surface area contributed by atoms with E-state index in [-0.39, 0.29) is 0 Å². The highest BCUT2D eigenvalue weighted by atomic mass is 32.1. The second-order valence-electron chi connectivity index (χ2n) is 3.40. The number of carbonyl (C=O) groups is 1. The van der Waals surface area contributed by atoms with Gasteiger partial charge >= 0.3 is 12.1 Å². The van der Waals surface area contributed by atoms with Crippen molar-refractivity contribution in [1.29, 1.82) is 0 Å². The third-order valence-corrected chi connectivity index (χ3v) is 3.08. The second kappa shape index (κ2) is 4.41. The van der Waals surface area contributed by atoms with Crippen molar-refractivity contribution in [2.45, 2.75) is 6.18 Å². The molecule has 0 unspecified atom stereocenters. The Balaban J connectivity index is 2.43. The topological polar surface area (TPSA) is 50.2 Å². The molecule has 2 aromatic rings. The van der Waals surface area contributed by atoms with Gasteiger partial charge in [-0.25, -0.2) is 9.78 Å². The molecule has 18 heavy (non-hydrogen) atoms. The van der Waals surface area contributed by atoms with Crippen LogP contribution in [0.2, 0.25) is 0 Å². The molecule has 0 aliphatic carbocycles. The van der Waals surface area contributed by atoms with Crippen LogP contribution in [-0.2, 0) is 11.0 Å². The molecule has 0 saturated carbocycles. The van der Waals surface area contributed by atoms with Crippen LogP contribution in [0.5, 0.6) is 0 Å². The molecule has 2 rings (SSSR count). The molecule has 1 heterocycles. The molecule has 94 valence electrons. The summed E-state index contributed by atoms with van der Waals surface area (Å²) in [5.74, 6) is -1.13. The number of nitrogens with zero attached hydrogens (tertiary/aromatic N) is 1. The number of hydrogen-bond acceptors (Lipinski definition) is 3. The Labute approximate surface area is 103 Å². The van der Waals surface area contributed by atoms with Crippen molar-refractivity contribution in [3.8, 4) is 0 Å². The number of carboxylic acid groups (broad SMARTS) is 1. The summed E-state index contributed by atoms with van der Waals surface area (Å²) in [5, 5.41) is 8.80. The van der Waals surface area contributed by atoms with E-state index < -0.39 is 17.7 Å². The Morgan fingerprint density at radius 2 is 2.11 bits per heavy atom. The van der Waals surface area contributed by atoms with Crippen LogP contribution in [0.25, 0.3) is 16.3 Å². The lowest BCUT2D eigenvalue weighted by Gasteiger charge is -2.04. The minimum atomic E-state index is -4.39. The van der Waals surface area contributed by atoms with E-state index in [1.54, 1.807) is 0 Å². The molecule has 0 spiro atoms. The summed E-state index contributed by atoms with van der Waals surface area (Å²) in [6.45, 7) is 0. The molecular formula is C11H6F3NO2S. The Bertz CT molecular complexity index is 631. The fourth-order valence-electron chi connectivity index (χ4n) is 1.33. The number of aromatic nitrogens is 1. The van der Waals surface area contributed by atoms with Crippen molar-refractivity contribution >= 4 is 33.6 Å². The summed E-state index contributed by atoms with van der Waals surface area (Å²) in [5.41, 5.74) is -0.328. The maximum atomic E-state index is 12.5. The summed E-state index contributed by atoms with van der Waals surface area (Å²) >= 11 is 1.01. The van der Waals surface area contributed by atoms with Gasteiger partial charge in [0.1, 0.15) is 5.01 Å². The van der Waals surface area contributed by atoms with Crippen LogP contribution in [0.15, 0.2) is 24.3 Å². The van der Waals surface area contributed by atoms with Crippen molar-refractivity contribution in [1.82, 2.24) is 4.98 Å². The zero-order chi connectivity index (χ0) is 13.3. The molecule has 0 aliphatic heterocycles. The Kier molecular flexibility index (Phi) is 3.08. The van der Waals surface area contributed by atoms with E-state index >= 15 is 0 Å². The predicted molar refractivity (Wildman–Crippen MR) is 61.3 cm³/mol. The normalized spacial score (nSPS) is 12.4. The third-order valence-electron chi connectivity index (χ3n) is 2.10. The highest BCUT2D eigenvalue weighted by Gasteiger charge is 2.30. The Morgan fingerprint density at radius 3 is 2.72 bits per heavy atom. The van der Waals surface area contributed by atoms with E-state index in [4.69, 9.17) is 5.11 Å². The number of benzene rings is 1. The number of aliphatic carboxylic acids is 1. The average molecular weight is 273 g/mol. The number of halogens is 3. The Morgan fingerprint density at radius 1 is 1.39 bits per heavy atom. The summed E-state index contributed by atoms with van der Waals surface area (Å²) in [6.07, 6.45) is -2.25. The molecule has 0 fully saturated rings. The van der Waals surface area contributed by atoms with Crippen LogP contribution in [0, 0.1) is 0 Å².